The highest BCUT2D eigenvalue weighted by Gasteiger charge is 2.30. The molecular weight excluding hydrogens is 284 g/mol. The number of ether oxygens (including phenoxy) is 1. The van der Waals surface area contributed by atoms with Gasteiger partial charge in [0.2, 0.25) is 0 Å². The molecule has 1 unspecified atom stereocenters. The summed E-state index contributed by atoms with van der Waals surface area (Å²) in [7, 11) is 0. The van der Waals surface area contributed by atoms with Gasteiger partial charge in [0.05, 0.1) is 18.2 Å². The van der Waals surface area contributed by atoms with E-state index in [0.717, 1.165) is 32.7 Å². The number of esters is 1. The zero-order valence-electron chi connectivity index (χ0n) is 13.6. The predicted molar refractivity (Wildman–Crippen MR) is 83.3 cm³/mol. The molecule has 0 spiro atoms. The highest BCUT2D eigenvalue weighted by molar-refractivity contribution is 5.94. The molecule has 0 aromatic heterocycles. The quantitative estimate of drug-likeness (QED) is 0.707. The van der Waals surface area contributed by atoms with Crippen LogP contribution in [0.2, 0.25) is 0 Å². The Morgan fingerprint density at radius 1 is 1.23 bits per heavy atom. The fourth-order valence-electron chi connectivity index (χ4n) is 2.89. The first kappa shape index (κ1) is 16.8. The molecule has 22 heavy (non-hydrogen) atoms. The summed E-state index contributed by atoms with van der Waals surface area (Å²) in [4.78, 5) is 28.5. The summed E-state index contributed by atoms with van der Waals surface area (Å²) >= 11 is 0. The average Bonchev–Trinajstić information content (AvgIpc) is 2.47. The molecule has 2 aliphatic heterocycles. The van der Waals surface area contributed by atoms with Crippen LogP contribution >= 0.6 is 0 Å². The molecule has 2 amide bonds. The molecule has 7 nitrogen and oxygen atoms in total. The lowest BCUT2D eigenvalue weighted by Crippen LogP contribution is -2.53. The van der Waals surface area contributed by atoms with E-state index in [0.29, 0.717) is 24.4 Å². The van der Waals surface area contributed by atoms with Gasteiger partial charge in [0, 0.05) is 38.4 Å². The number of carbonyl (C=O) groups is 2. The fraction of sp³-hybridized carbons (Fsp3) is 0.733. The summed E-state index contributed by atoms with van der Waals surface area (Å²) < 4.78 is 5.13. The van der Waals surface area contributed by atoms with Gasteiger partial charge >= 0.3 is 12.0 Å². The van der Waals surface area contributed by atoms with Crippen LogP contribution in [-0.4, -0.2) is 73.7 Å². The molecule has 0 saturated carbocycles. The van der Waals surface area contributed by atoms with Crippen molar-refractivity contribution in [1.29, 1.82) is 0 Å². The van der Waals surface area contributed by atoms with Gasteiger partial charge in [-0.15, -0.1) is 0 Å². The molecule has 7 heteroatoms. The lowest BCUT2D eigenvalue weighted by molar-refractivity contribution is -0.139. The highest BCUT2D eigenvalue weighted by atomic mass is 16.5. The second-order valence-electron chi connectivity index (χ2n) is 5.64. The van der Waals surface area contributed by atoms with Crippen molar-refractivity contribution in [1.82, 2.24) is 20.4 Å². The number of hydrogen-bond acceptors (Lipinski definition) is 5. The van der Waals surface area contributed by atoms with Crippen LogP contribution < -0.4 is 10.6 Å². The van der Waals surface area contributed by atoms with Gasteiger partial charge in [-0.3, -0.25) is 4.90 Å². The van der Waals surface area contributed by atoms with Gasteiger partial charge in [0.1, 0.15) is 0 Å². The zero-order chi connectivity index (χ0) is 16.1. The van der Waals surface area contributed by atoms with Gasteiger partial charge in [-0.05, 0) is 20.4 Å². The number of hydrogen-bond donors (Lipinski definition) is 2. The van der Waals surface area contributed by atoms with Gasteiger partial charge in [-0.25, -0.2) is 9.59 Å². The first-order chi connectivity index (χ1) is 10.5. The maximum atomic E-state index is 12.2. The molecule has 0 aromatic rings. The Morgan fingerprint density at radius 3 is 2.45 bits per heavy atom. The summed E-state index contributed by atoms with van der Waals surface area (Å²) in [6.07, 6.45) is 0. The van der Waals surface area contributed by atoms with Crippen LogP contribution in [0.4, 0.5) is 4.79 Å². The van der Waals surface area contributed by atoms with E-state index in [1.165, 1.54) is 0 Å². The average molecular weight is 310 g/mol. The Balaban J connectivity index is 2.10. The van der Waals surface area contributed by atoms with Gasteiger partial charge in [0.15, 0.2) is 0 Å². The smallest absolute Gasteiger partial charge is 0.337 e. The lowest BCUT2D eigenvalue weighted by Gasteiger charge is -2.36. The van der Waals surface area contributed by atoms with E-state index >= 15 is 0 Å². The molecule has 0 bridgehead atoms. The van der Waals surface area contributed by atoms with E-state index in [-0.39, 0.29) is 18.0 Å². The Hall–Kier alpha value is -1.60. The molecule has 0 aliphatic carbocycles. The Kier molecular flexibility index (Phi) is 5.79. The van der Waals surface area contributed by atoms with Crippen LogP contribution in [-0.2, 0) is 9.53 Å². The van der Waals surface area contributed by atoms with E-state index in [1.807, 2.05) is 0 Å². The summed E-state index contributed by atoms with van der Waals surface area (Å²) in [5.41, 5.74) is 1.19. The minimum absolute atomic E-state index is 0.261. The largest absolute Gasteiger partial charge is 0.463 e. The van der Waals surface area contributed by atoms with Crippen LogP contribution in [0.25, 0.3) is 0 Å². The molecule has 2 rings (SSSR count). The third kappa shape index (κ3) is 3.98. The van der Waals surface area contributed by atoms with Crippen molar-refractivity contribution < 1.29 is 14.3 Å². The summed E-state index contributed by atoms with van der Waals surface area (Å²) in [6.45, 7) is 11.6. The molecule has 0 aromatic carbocycles. The number of likely N-dealkylation sites (N-methyl/N-ethyl adjacent to an activating group) is 1. The molecule has 2 aliphatic rings. The van der Waals surface area contributed by atoms with Crippen molar-refractivity contribution in [2.45, 2.75) is 26.8 Å². The fourth-order valence-corrected chi connectivity index (χ4v) is 2.89. The maximum absolute atomic E-state index is 12.2. The van der Waals surface area contributed by atoms with Gasteiger partial charge in [-0.1, -0.05) is 6.92 Å². The van der Waals surface area contributed by atoms with Crippen molar-refractivity contribution in [2.75, 3.05) is 45.9 Å². The van der Waals surface area contributed by atoms with E-state index in [9.17, 15) is 9.59 Å². The number of carbonyl (C=O) groups excluding carboxylic acids is 2. The second-order valence-corrected chi connectivity index (χ2v) is 5.64. The van der Waals surface area contributed by atoms with E-state index in [1.54, 1.807) is 13.8 Å². The molecule has 1 fully saturated rings. The Labute approximate surface area is 131 Å². The zero-order valence-corrected chi connectivity index (χ0v) is 13.6. The number of piperazine rings is 1. The Bertz CT molecular complexity index is 456. The second kappa shape index (κ2) is 7.60. The maximum Gasteiger partial charge on any atom is 0.337 e. The van der Waals surface area contributed by atoms with Gasteiger partial charge < -0.3 is 20.3 Å². The first-order valence-corrected chi connectivity index (χ1v) is 7.97. The highest BCUT2D eigenvalue weighted by Crippen LogP contribution is 2.16. The van der Waals surface area contributed by atoms with Crippen LogP contribution in [0.1, 0.15) is 20.8 Å². The third-order valence-corrected chi connectivity index (χ3v) is 4.16. The van der Waals surface area contributed by atoms with Crippen molar-refractivity contribution in [3.63, 3.8) is 0 Å². The molecule has 0 radical (unpaired) electrons. The van der Waals surface area contributed by atoms with Crippen LogP contribution in [0, 0.1) is 0 Å². The predicted octanol–water partition coefficient (Wildman–Crippen LogP) is 0.142. The van der Waals surface area contributed by atoms with Gasteiger partial charge in [-0.2, -0.15) is 0 Å². The molecule has 124 valence electrons. The monoisotopic (exact) mass is 310 g/mol. The third-order valence-electron chi connectivity index (χ3n) is 4.16. The minimum atomic E-state index is -0.357. The topological polar surface area (TPSA) is 73.9 Å². The van der Waals surface area contributed by atoms with E-state index in [4.69, 9.17) is 4.74 Å². The summed E-state index contributed by atoms with van der Waals surface area (Å²) in [5.74, 6) is -0.357. The number of nitrogens with zero attached hydrogens (tertiary/aromatic N) is 2. The minimum Gasteiger partial charge on any atom is -0.463 e. The summed E-state index contributed by atoms with van der Waals surface area (Å²) in [5, 5.41) is 5.50. The SMILES string of the molecule is CCOC(=O)C1=C(CN2CCN(CC)CC2)NC(=O)NC1C. The molecule has 1 saturated heterocycles. The number of urea groups is 1. The molecule has 2 N–H and O–H groups in total. The van der Waals surface area contributed by atoms with Crippen molar-refractivity contribution in [3.8, 4) is 0 Å². The van der Waals surface area contributed by atoms with Crippen LogP contribution in [0.3, 0.4) is 0 Å². The number of rotatable bonds is 5. The standard InChI is InChI=1S/C15H26N4O3/c1-4-18-6-8-19(9-7-18)10-12-13(14(20)22-5-2)11(3)16-15(21)17-12/h11H,4-10H2,1-3H3,(H2,16,17,21). The first-order valence-electron chi connectivity index (χ1n) is 7.97. The number of nitrogens with one attached hydrogen (secondary N) is 2. The van der Waals surface area contributed by atoms with Crippen LogP contribution in [0.5, 0.6) is 0 Å². The molecule has 1 atom stereocenters. The molecular formula is C15H26N4O3. The van der Waals surface area contributed by atoms with E-state index < -0.39 is 0 Å². The van der Waals surface area contributed by atoms with Crippen molar-refractivity contribution in [3.05, 3.63) is 11.3 Å². The van der Waals surface area contributed by atoms with Gasteiger partial charge in [0.25, 0.3) is 0 Å². The van der Waals surface area contributed by atoms with E-state index in [2.05, 4.69) is 27.4 Å². The summed E-state index contributed by atoms with van der Waals surface area (Å²) in [6, 6.07) is -0.595. The number of amides is 2. The van der Waals surface area contributed by atoms with Crippen LogP contribution in [0.15, 0.2) is 11.3 Å². The molecule has 2 heterocycles. The lowest BCUT2D eigenvalue weighted by atomic mass is 10.0. The Morgan fingerprint density at radius 2 is 1.86 bits per heavy atom. The van der Waals surface area contributed by atoms with Crippen molar-refractivity contribution in [2.24, 2.45) is 0 Å². The van der Waals surface area contributed by atoms with Crippen molar-refractivity contribution >= 4 is 12.0 Å². The normalized spacial score (nSPS) is 24.0.